The molecule has 4 N–H and O–H groups in total. The second-order valence-corrected chi connectivity index (χ2v) is 9.19. The molecule has 4 rings (SSSR count). The lowest BCUT2D eigenvalue weighted by atomic mass is 9.99. The van der Waals surface area contributed by atoms with Gasteiger partial charge in [0.05, 0.1) is 18.4 Å². The van der Waals surface area contributed by atoms with Gasteiger partial charge in [-0.3, -0.25) is 9.59 Å². The number of hydrogen-bond donors (Lipinski definition) is 2. The van der Waals surface area contributed by atoms with Crippen LogP contribution in [0.2, 0.25) is 0 Å². The van der Waals surface area contributed by atoms with E-state index >= 15 is 0 Å². The summed E-state index contributed by atoms with van der Waals surface area (Å²) in [6, 6.07) is 18.8. The first-order chi connectivity index (χ1) is 18.3. The predicted molar refractivity (Wildman–Crippen MR) is 150 cm³/mol. The Bertz CT molecular complexity index is 1420. The largest absolute Gasteiger partial charge is 0.489 e. The summed E-state index contributed by atoms with van der Waals surface area (Å²) in [4.78, 5) is 23.8. The number of hydrogen-bond acceptors (Lipinski definition) is 6. The number of fused-ring (bicyclic) bond motifs is 1. The maximum atomic E-state index is 12.1. The fraction of sp³-hybridized carbons (Fsp3) is 0.241. The highest BCUT2D eigenvalue weighted by atomic mass is 35.5. The zero-order chi connectivity index (χ0) is 27.7. The van der Waals surface area contributed by atoms with Gasteiger partial charge < -0.3 is 25.4 Å². The lowest BCUT2D eigenvalue weighted by Gasteiger charge is -2.14. The Hall–Kier alpha value is -3.52. The number of aryl methyl sites for hydroxylation is 1. The summed E-state index contributed by atoms with van der Waals surface area (Å²) in [6.45, 7) is 4.60. The van der Waals surface area contributed by atoms with Crippen LogP contribution in [0.15, 0.2) is 65.1 Å². The van der Waals surface area contributed by atoms with Crippen molar-refractivity contribution >= 4 is 46.0 Å². The zero-order valence-corrected chi connectivity index (χ0v) is 22.8. The molecule has 200 valence electrons. The molecule has 7 nitrogen and oxygen atoms in total. The second-order valence-electron chi connectivity index (χ2n) is 8.38. The number of amides is 1. The first kappa shape index (κ1) is 29.0. The van der Waals surface area contributed by atoms with E-state index in [2.05, 4.69) is 0 Å². The van der Waals surface area contributed by atoms with Crippen LogP contribution in [-0.2, 0) is 29.1 Å². The number of alkyl halides is 2. The Morgan fingerprint density at radius 2 is 1.76 bits per heavy atom. The fourth-order valence-corrected chi connectivity index (χ4v) is 4.02. The number of halogens is 2. The first-order valence-corrected chi connectivity index (χ1v) is 13.0. The summed E-state index contributed by atoms with van der Waals surface area (Å²) in [5, 5.41) is 1.15. The van der Waals surface area contributed by atoms with Crippen LogP contribution in [-0.4, -0.2) is 23.8 Å². The Kier molecular flexibility index (Phi) is 10.6. The van der Waals surface area contributed by atoms with Crippen molar-refractivity contribution in [1.82, 2.24) is 0 Å². The van der Waals surface area contributed by atoms with Crippen LogP contribution >= 0.6 is 23.2 Å². The third-order valence-corrected chi connectivity index (χ3v) is 5.66. The van der Waals surface area contributed by atoms with Crippen molar-refractivity contribution in [1.29, 1.82) is 0 Å². The van der Waals surface area contributed by atoms with Crippen molar-refractivity contribution in [3.8, 4) is 16.9 Å². The highest BCUT2D eigenvalue weighted by Crippen LogP contribution is 2.33. The zero-order valence-electron chi connectivity index (χ0n) is 21.3. The minimum absolute atomic E-state index is 0.0271. The molecule has 0 aliphatic rings. The monoisotopic (exact) mass is 556 g/mol. The minimum atomic E-state index is -0.574. The number of primary amides is 1. The minimum Gasteiger partial charge on any atom is -0.489 e. The molecule has 1 aromatic heterocycles. The van der Waals surface area contributed by atoms with E-state index in [0.717, 1.165) is 39.0 Å². The second kappa shape index (κ2) is 13.9. The van der Waals surface area contributed by atoms with E-state index in [1.165, 1.54) is 0 Å². The quantitative estimate of drug-likeness (QED) is 0.191. The van der Waals surface area contributed by atoms with Crippen LogP contribution in [0.5, 0.6) is 5.75 Å². The van der Waals surface area contributed by atoms with Gasteiger partial charge in [-0.05, 0) is 66.9 Å². The molecule has 1 heterocycles. The number of rotatable bonds is 9. The molecular formula is C29H30Cl2N2O5. The number of furan rings is 1. The van der Waals surface area contributed by atoms with Gasteiger partial charge in [-0.25, -0.2) is 0 Å². The molecule has 0 saturated carbocycles. The Morgan fingerprint density at radius 3 is 2.45 bits per heavy atom. The Morgan fingerprint density at radius 1 is 1.00 bits per heavy atom. The lowest BCUT2D eigenvalue weighted by Crippen LogP contribution is -2.13. The predicted octanol–water partition coefficient (Wildman–Crippen LogP) is 6.07. The molecule has 0 radical (unpaired) electrons. The summed E-state index contributed by atoms with van der Waals surface area (Å²) in [5.41, 5.74) is 16.9. The molecule has 0 bridgehead atoms. The average Bonchev–Trinajstić information content (AvgIpc) is 3.28. The van der Waals surface area contributed by atoms with E-state index in [-0.39, 0.29) is 30.9 Å². The number of carbonyl (C=O) groups is 2. The fourth-order valence-electron chi connectivity index (χ4n) is 4.02. The van der Waals surface area contributed by atoms with Gasteiger partial charge in [0.15, 0.2) is 0 Å². The third kappa shape index (κ3) is 7.51. The number of nitrogens with two attached hydrogens (primary N) is 2. The summed E-state index contributed by atoms with van der Waals surface area (Å²) >= 11 is 9.53. The van der Waals surface area contributed by atoms with Crippen molar-refractivity contribution < 1.29 is 23.5 Å². The van der Waals surface area contributed by atoms with E-state index in [0.29, 0.717) is 23.4 Å². The molecule has 38 heavy (non-hydrogen) atoms. The molecule has 1 amide bonds. The van der Waals surface area contributed by atoms with Gasteiger partial charge in [0.2, 0.25) is 5.91 Å². The molecule has 0 spiro atoms. The van der Waals surface area contributed by atoms with Gasteiger partial charge in [0, 0.05) is 28.6 Å². The van der Waals surface area contributed by atoms with E-state index in [4.69, 9.17) is 48.6 Å². The molecule has 0 fully saturated rings. The summed E-state index contributed by atoms with van der Waals surface area (Å²) < 4.78 is 17.2. The Balaban J connectivity index is 0.00000127. The summed E-state index contributed by atoms with van der Waals surface area (Å²) in [5.74, 6) is 0.265. The lowest BCUT2D eigenvalue weighted by molar-refractivity contribution is -0.142. The molecule has 3 aromatic carbocycles. The van der Waals surface area contributed by atoms with Gasteiger partial charge in [0.1, 0.15) is 23.7 Å². The summed E-state index contributed by atoms with van der Waals surface area (Å²) in [7, 11) is 0. The maximum Gasteiger partial charge on any atom is 0.310 e. The SMILES string of the molecule is CCOC(=O)Cc1ccc(C(N)=O)cc1OCc1cc(-c2cccc(CN)c2)c2oc(C)cc2c1.ClCCl. The molecule has 4 aromatic rings. The third-order valence-electron chi connectivity index (χ3n) is 5.66. The van der Waals surface area contributed by atoms with Crippen molar-refractivity contribution in [2.45, 2.75) is 33.4 Å². The van der Waals surface area contributed by atoms with Crippen molar-refractivity contribution in [3.05, 3.63) is 88.7 Å². The van der Waals surface area contributed by atoms with Crippen LogP contribution in [0.25, 0.3) is 22.1 Å². The van der Waals surface area contributed by atoms with E-state index in [1.54, 1.807) is 25.1 Å². The average molecular weight is 557 g/mol. The van der Waals surface area contributed by atoms with Gasteiger partial charge in [-0.2, -0.15) is 0 Å². The molecular weight excluding hydrogens is 527 g/mol. The van der Waals surface area contributed by atoms with Gasteiger partial charge >= 0.3 is 5.97 Å². The van der Waals surface area contributed by atoms with Gasteiger partial charge in [-0.15, -0.1) is 23.2 Å². The highest BCUT2D eigenvalue weighted by Gasteiger charge is 2.15. The maximum absolute atomic E-state index is 12.1. The highest BCUT2D eigenvalue weighted by molar-refractivity contribution is 6.40. The van der Waals surface area contributed by atoms with Gasteiger partial charge in [-0.1, -0.05) is 24.3 Å². The number of ether oxygens (including phenoxy) is 2. The Labute approximate surface area is 231 Å². The smallest absolute Gasteiger partial charge is 0.310 e. The number of benzene rings is 3. The molecule has 0 saturated heterocycles. The molecule has 9 heteroatoms. The van der Waals surface area contributed by atoms with E-state index in [9.17, 15) is 9.59 Å². The number of esters is 1. The molecule has 0 aliphatic carbocycles. The van der Waals surface area contributed by atoms with E-state index < -0.39 is 5.91 Å². The van der Waals surface area contributed by atoms with Gasteiger partial charge in [0.25, 0.3) is 0 Å². The standard InChI is InChI=1S/C28H28N2O5.CH2Cl2/c1-3-33-26(31)14-21-7-8-22(28(30)32)13-25(21)34-16-19-11-23-9-17(2)35-27(23)24(12-19)20-6-4-5-18(10-20)15-29;2-1-3/h4-13H,3,14-16,29H2,1-2H3,(H2,30,32);1H2. The normalized spacial score (nSPS) is 10.6. The van der Waals surface area contributed by atoms with Crippen LogP contribution < -0.4 is 16.2 Å². The van der Waals surface area contributed by atoms with Crippen LogP contribution in [0, 0.1) is 6.92 Å². The van der Waals surface area contributed by atoms with Crippen LogP contribution in [0.1, 0.15) is 39.7 Å². The molecule has 0 aliphatic heterocycles. The molecule has 0 unspecified atom stereocenters. The topological polar surface area (TPSA) is 118 Å². The van der Waals surface area contributed by atoms with Crippen molar-refractivity contribution in [3.63, 3.8) is 0 Å². The van der Waals surface area contributed by atoms with Crippen molar-refractivity contribution in [2.75, 3.05) is 11.9 Å². The summed E-state index contributed by atoms with van der Waals surface area (Å²) in [6.07, 6.45) is 0.0271. The van der Waals surface area contributed by atoms with Crippen molar-refractivity contribution in [2.24, 2.45) is 11.5 Å². The van der Waals surface area contributed by atoms with E-state index in [1.807, 2.05) is 49.4 Å². The first-order valence-electron chi connectivity index (χ1n) is 11.9. The van der Waals surface area contributed by atoms with Crippen LogP contribution in [0.3, 0.4) is 0 Å². The van der Waals surface area contributed by atoms with Crippen LogP contribution in [0.4, 0.5) is 0 Å². The molecule has 0 atom stereocenters. The number of carbonyl (C=O) groups excluding carboxylic acids is 2.